The van der Waals surface area contributed by atoms with Crippen LogP contribution in [0.15, 0.2) is 0 Å². The normalized spacial score (nSPS) is 15.0. The van der Waals surface area contributed by atoms with Gasteiger partial charge in [-0.1, -0.05) is 34.1 Å². The van der Waals surface area contributed by atoms with Crippen LogP contribution in [0.3, 0.4) is 0 Å². The largest absolute Gasteiger partial charge is 0.481 e. The number of rotatable bonds is 13. The number of hydrogen-bond donors (Lipinski definition) is 6. The van der Waals surface area contributed by atoms with Gasteiger partial charge in [-0.2, -0.15) is 0 Å². The standard InChI is InChI=1S/C18H32N4O7/c1-5-10(4)15(18(28)29)22-12(23)8-20-16(26)11(6-7-13(24)25)21-17(27)14(19)9(2)3/h9-11,14-15H,5-8,19H2,1-4H3,(H,20,26)(H,21,27)(H,22,23)(H,24,25)(H,28,29). The zero-order chi connectivity index (χ0) is 22.7. The van der Waals surface area contributed by atoms with Gasteiger partial charge in [-0.05, 0) is 18.3 Å². The molecule has 0 heterocycles. The molecule has 0 bridgehead atoms. The number of nitrogens with one attached hydrogen (secondary N) is 3. The van der Waals surface area contributed by atoms with E-state index in [-0.39, 0.29) is 24.7 Å². The Balaban J connectivity index is 4.94. The lowest BCUT2D eigenvalue weighted by molar-refractivity contribution is -0.143. The number of nitrogens with two attached hydrogens (primary N) is 1. The predicted molar refractivity (Wildman–Crippen MR) is 104 cm³/mol. The summed E-state index contributed by atoms with van der Waals surface area (Å²) in [4.78, 5) is 58.5. The maximum absolute atomic E-state index is 12.3. The van der Waals surface area contributed by atoms with Gasteiger partial charge < -0.3 is 31.9 Å². The van der Waals surface area contributed by atoms with Crippen molar-refractivity contribution in [3.05, 3.63) is 0 Å². The Morgan fingerprint density at radius 2 is 1.55 bits per heavy atom. The molecule has 4 atom stereocenters. The molecule has 7 N–H and O–H groups in total. The Morgan fingerprint density at radius 1 is 0.966 bits per heavy atom. The predicted octanol–water partition coefficient (Wildman–Crippen LogP) is -0.949. The van der Waals surface area contributed by atoms with Crippen LogP contribution in [-0.4, -0.2) is 64.5 Å². The molecule has 29 heavy (non-hydrogen) atoms. The first-order chi connectivity index (χ1) is 13.4. The van der Waals surface area contributed by atoms with E-state index in [0.717, 1.165) is 0 Å². The third-order valence-electron chi connectivity index (χ3n) is 4.52. The first kappa shape index (κ1) is 26.3. The second kappa shape index (κ2) is 12.7. The van der Waals surface area contributed by atoms with Crippen LogP contribution in [0, 0.1) is 11.8 Å². The molecule has 0 radical (unpaired) electrons. The number of amides is 3. The molecule has 0 aromatic rings. The number of carbonyl (C=O) groups is 5. The Labute approximate surface area is 169 Å². The van der Waals surface area contributed by atoms with E-state index in [0.29, 0.717) is 6.42 Å². The van der Waals surface area contributed by atoms with E-state index in [4.69, 9.17) is 10.8 Å². The third kappa shape index (κ3) is 9.88. The average Bonchev–Trinajstić information content (AvgIpc) is 2.65. The molecule has 0 fully saturated rings. The first-order valence-electron chi connectivity index (χ1n) is 9.48. The van der Waals surface area contributed by atoms with Gasteiger partial charge >= 0.3 is 11.9 Å². The Morgan fingerprint density at radius 3 is 2.00 bits per heavy atom. The molecule has 11 nitrogen and oxygen atoms in total. The zero-order valence-corrected chi connectivity index (χ0v) is 17.2. The van der Waals surface area contributed by atoms with Crippen LogP contribution in [0.1, 0.15) is 47.0 Å². The van der Waals surface area contributed by atoms with Crippen LogP contribution < -0.4 is 21.7 Å². The fourth-order valence-corrected chi connectivity index (χ4v) is 2.31. The summed E-state index contributed by atoms with van der Waals surface area (Å²) in [7, 11) is 0. The summed E-state index contributed by atoms with van der Waals surface area (Å²) in [6.07, 6.45) is -0.0381. The molecule has 0 aliphatic heterocycles. The van der Waals surface area contributed by atoms with E-state index in [2.05, 4.69) is 16.0 Å². The van der Waals surface area contributed by atoms with Gasteiger partial charge in [-0.3, -0.25) is 19.2 Å². The molecule has 0 spiro atoms. The number of hydrogen-bond acceptors (Lipinski definition) is 6. The molecule has 0 saturated carbocycles. The van der Waals surface area contributed by atoms with Crippen molar-refractivity contribution in [1.82, 2.24) is 16.0 Å². The van der Waals surface area contributed by atoms with Crippen molar-refractivity contribution in [2.75, 3.05) is 6.54 Å². The zero-order valence-electron chi connectivity index (χ0n) is 17.2. The van der Waals surface area contributed by atoms with Gasteiger partial charge in [0.15, 0.2) is 0 Å². The van der Waals surface area contributed by atoms with Crippen molar-refractivity contribution in [3.63, 3.8) is 0 Å². The van der Waals surface area contributed by atoms with Crippen LogP contribution in [0.5, 0.6) is 0 Å². The van der Waals surface area contributed by atoms with E-state index in [1.165, 1.54) is 0 Å². The van der Waals surface area contributed by atoms with Gasteiger partial charge in [-0.25, -0.2) is 4.79 Å². The number of aliphatic carboxylic acids is 2. The quantitative estimate of drug-likeness (QED) is 0.221. The first-order valence-corrected chi connectivity index (χ1v) is 9.48. The van der Waals surface area contributed by atoms with Gasteiger partial charge in [0.2, 0.25) is 17.7 Å². The second-order valence-electron chi connectivity index (χ2n) is 7.25. The molecule has 0 aromatic carbocycles. The number of carboxylic acid groups (broad SMARTS) is 2. The summed E-state index contributed by atoms with van der Waals surface area (Å²) in [6, 6.07) is -3.18. The van der Waals surface area contributed by atoms with Crippen molar-refractivity contribution >= 4 is 29.7 Å². The summed E-state index contributed by atoms with van der Waals surface area (Å²) in [5, 5.41) is 25.0. The smallest absolute Gasteiger partial charge is 0.326 e. The fourth-order valence-electron chi connectivity index (χ4n) is 2.31. The summed E-state index contributed by atoms with van der Waals surface area (Å²) in [5.41, 5.74) is 5.73. The topological polar surface area (TPSA) is 188 Å². The summed E-state index contributed by atoms with van der Waals surface area (Å²) < 4.78 is 0. The number of carboxylic acids is 2. The lowest BCUT2D eigenvalue weighted by Crippen LogP contribution is -2.54. The molecule has 0 rings (SSSR count). The Hall–Kier alpha value is -2.69. The van der Waals surface area contributed by atoms with E-state index < -0.39 is 54.3 Å². The maximum Gasteiger partial charge on any atom is 0.326 e. The Kier molecular flexibility index (Phi) is 11.5. The molecule has 0 aliphatic rings. The minimum Gasteiger partial charge on any atom is -0.481 e. The highest BCUT2D eigenvalue weighted by atomic mass is 16.4. The van der Waals surface area contributed by atoms with Gasteiger partial charge in [0, 0.05) is 6.42 Å². The molecule has 11 heteroatoms. The average molecular weight is 416 g/mol. The molecular weight excluding hydrogens is 384 g/mol. The van der Waals surface area contributed by atoms with Crippen molar-refractivity contribution in [2.45, 2.75) is 65.1 Å². The van der Waals surface area contributed by atoms with Gasteiger partial charge in [-0.15, -0.1) is 0 Å². The minimum absolute atomic E-state index is 0.191. The molecule has 4 unspecified atom stereocenters. The van der Waals surface area contributed by atoms with Crippen LogP contribution >= 0.6 is 0 Å². The summed E-state index contributed by atoms with van der Waals surface area (Å²) in [6.45, 7) is 6.38. The fraction of sp³-hybridized carbons (Fsp3) is 0.722. The Bertz CT molecular complexity index is 609. The van der Waals surface area contributed by atoms with E-state index in [1.807, 2.05) is 0 Å². The van der Waals surface area contributed by atoms with Gasteiger partial charge in [0.05, 0.1) is 12.6 Å². The van der Waals surface area contributed by atoms with Crippen molar-refractivity contribution in [3.8, 4) is 0 Å². The van der Waals surface area contributed by atoms with Crippen LogP contribution in [0.2, 0.25) is 0 Å². The van der Waals surface area contributed by atoms with Crippen molar-refractivity contribution in [1.29, 1.82) is 0 Å². The molecule has 0 aromatic heterocycles. The van der Waals surface area contributed by atoms with E-state index in [1.54, 1.807) is 27.7 Å². The van der Waals surface area contributed by atoms with Crippen molar-refractivity contribution < 1.29 is 34.2 Å². The molecule has 166 valence electrons. The van der Waals surface area contributed by atoms with E-state index in [9.17, 15) is 29.1 Å². The van der Waals surface area contributed by atoms with Crippen LogP contribution in [-0.2, 0) is 24.0 Å². The monoisotopic (exact) mass is 416 g/mol. The molecule has 0 aliphatic carbocycles. The van der Waals surface area contributed by atoms with E-state index >= 15 is 0 Å². The third-order valence-corrected chi connectivity index (χ3v) is 4.52. The highest BCUT2D eigenvalue weighted by molar-refractivity contribution is 5.92. The summed E-state index contributed by atoms with van der Waals surface area (Å²) >= 11 is 0. The maximum atomic E-state index is 12.3. The molecular formula is C18H32N4O7. The van der Waals surface area contributed by atoms with Gasteiger partial charge in [0.25, 0.3) is 0 Å². The lowest BCUT2D eigenvalue weighted by Gasteiger charge is -2.22. The number of carbonyl (C=O) groups excluding carboxylic acids is 3. The molecule has 3 amide bonds. The molecule has 0 saturated heterocycles. The van der Waals surface area contributed by atoms with Crippen LogP contribution in [0.25, 0.3) is 0 Å². The highest BCUT2D eigenvalue weighted by Gasteiger charge is 2.28. The lowest BCUT2D eigenvalue weighted by atomic mass is 9.99. The SMILES string of the molecule is CCC(C)C(NC(=O)CNC(=O)C(CCC(=O)O)NC(=O)C(N)C(C)C)C(=O)O. The van der Waals surface area contributed by atoms with Crippen LogP contribution in [0.4, 0.5) is 0 Å². The second-order valence-corrected chi connectivity index (χ2v) is 7.25. The van der Waals surface area contributed by atoms with Crippen molar-refractivity contribution in [2.24, 2.45) is 17.6 Å². The minimum atomic E-state index is -1.19. The van der Waals surface area contributed by atoms with Gasteiger partial charge in [0.1, 0.15) is 12.1 Å². The highest BCUT2D eigenvalue weighted by Crippen LogP contribution is 2.07. The summed E-state index contributed by atoms with van der Waals surface area (Å²) in [5.74, 6) is -4.94.